The molecule has 1 aliphatic carbocycles. The molecule has 0 N–H and O–H groups in total. The van der Waals surface area contributed by atoms with Gasteiger partial charge in [0.05, 0.1) is 5.41 Å². The zero-order valence-electron chi connectivity index (χ0n) is 16.7. The Morgan fingerprint density at radius 1 is 1.08 bits per heavy atom. The Bertz CT molecular complexity index is 585. The third-order valence-corrected chi connectivity index (χ3v) is 6.93. The van der Waals surface area contributed by atoms with Crippen molar-refractivity contribution < 1.29 is 28.8 Å². The summed E-state index contributed by atoms with van der Waals surface area (Å²) in [5.74, 6) is -0.0436. The van der Waals surface area contributed by atoms with Gasteiger partial charge in [0, 0.05) is 18.3 Å². The lowest BCUT2D eigenvalue weighted by molar-refractivity contribution is -0.576. The number of esters is 1. The molecule has 148 valence electrons. The minimum atomic E-state index is -0.809. The number of fused-ring (bicyclic) bond motifs is 2. The second-order valence-corrected chi connectivity index (χ2v) is 9.93. The average molecular weight is 368 g/mol. The molecule has 26 heavy (non-hydrogen) atoms. The van der Waals surface area contributed by atoms with Crippen molar-refractivity contribution in [2.75, 3.05) is 0 Å². The highest BCUT2D eigenvalue weighted by Gasteiger charge is 2.69. The first-order valence-electron chi connectivity index (χ1n) is 9.98. The van der Waals surface area contributed by atoms with Crippen molar-refractivity contribution in [1.82, 2.24) is 0 Å². The van der Waals surface area contributed by atoms with E-state index in [0.717, 1.165) is 25.7 Å². The van der Waals surface area contributed by atoms with E-state index < -0.39 is 29.4 Å². The van der Waals surface area contributed by atoms with Crippen LogP contribution in [0.4, 0.5) is 0 Å². The zero-order chi connectivity index (χ0) is 18.9. The summed E-state index contributed by atoms with van der Waals surface area (Å²) in [6, 6.07) is 0. The van der Waals surface area contributed by atoms with Crippen LogP contribution in [0.3, 0.4) is 0 Å². The molecule has 0 aromatic rings. The fourth-order valence-corrected chi connectivity index (χ4v) is 5.29. The molecule has 0 aromatic carbocycles. The van der Waals surface area contributed by atoms with E-state index in [9.17, 15) is 4.79 Å². The van der Waals surface area contributed by atoms with Crippen LogP contribution in [0.15, 0.2) is 0 Å². The van der Waals surface area contributed by atoms with Crippen molar-refractivity contribution in [1.29, 1.82) is 0 Å². The summed E-state index contributed by atoms with van der Waals surface area (Å²) in [6.07, 6.45) is 2.70. The smallest absolute Gasteiger partial charge is 0.313 e. The van der Waals surface area contributed by atoms with E-state index in [0.29, 0.717) is 11.8 Å². The molecule has 6 nitrogen and oxygen atoms in total. The Morgan fingerprint density at radius 3 is 2.50 bits per heavy atom. The fraction of sp³-hybridized carbons (Fsp3) is 0.950. The van der Waals surface area contributed by atoms with Gasteiger partial charge in [0.1, 0.15) is 0 Å². The third-order valence-electron chi connectivity index (χ3n) is 6.93. The highest BCUT2D eigenvalue weighted by molar-refractivity contribution is 5.75. The molecule has 5 fully saturated rings. The van der Waals surface area contributed by atoms with E-state index in [1.807, 2.05) is 27.7 Å². The SMILES string of the molecule is C[C@H]1C(OC(=O)C(C)(C)C)O[C@@H]2OC3(C)CC[C@H]4[C@H](C)CCC1[C@@]24OO3. The second-order valence-electron chi connectivity index (χ2n) is 9.93. The van der Waals surface area contributed by atoms with E-state index in [1.54, 1.807) is 0 Å². The maximum atomic E-state index is 12.5. The van der Waals surface area contributed by atoms with Crippen molar-refractivity contribution in [3.8, 4) is 0 Å². The van der Waals surface area contributed by atoms with Gasteiger partial charge in [-0.15, -0.1) is 0 Å². The van der Waals surface area contributed by atoms with Gasteiger partial charge in [0.2, 0.25) is 12.1 Å². The van der Waals surface area contributed by atoms with Crippen LogP contribution in [-0.4, -0.2) is 29.9 Å². The maximum absolute atomic E-state index is 12.5. The minimum absolute atomic E-state index is 0.0159. The van der Waals surface area contributed by atoms with E-state index in [1.165, 1.54) is 0 Å². The molecule has 5 aliphatic rings. The van der Waals surface area contributed by atoms with Crippen molar-refractivity contribution >= 4 is 5.97 Å². The van der Waals surface area contributed by atoms with Gasteiger partial charge in [0.15, 0.2) is 11.9 Å². The highest BCUT2D eigenvalue weighted by atomic mass is 17.3. The number of carbonyl (C=O) groups excluding carboxylic acids is 1. The predicted octanol–water partition coefficient (Wildman–Crippen LogP) is 3.78. The Kier molecular flexibility index (Phi) is 4.24. The van der Waals surface area contributed by atoms with E-state index >= 15 is 0 Å². The summed E-state index contributed by atoms with van der Waals surface area (Å²) < 4.78 is 18.3. The maximum Gasteiger partial charge on any atom is 0.313 e. The normalized spacial score (nSPS) is 50.7. The molecule has 4 saturated heterocycles. The fourth-order valence-electron chi connectivity index (χ4n) is 5.29. The topological polar surface area (TPSA) is 63.2 Å². The Morgan fingerprint density at radius 2 is 1.81 bits per heavy atom. The van der Waals surface area contributed by atoms with E-state index in [2.05, 4.69) is 13.8 Å². The summed E-state index contributed by atoms with van der Waals surface area (Å²) in [5, 5.41) is 0. The molecule has 1 saturated carbocycles. The van der Waals surface area contributed by atoms with Crippen LogP contribution < -0.4 is 0 Å². The lowest BCUT2D eigenvalue weighted by Gasteiger charge is -2.60. The lowest BCUT2D eigenvalue weighted by Crippen LogP contribution is -2.70. The van der Waals surface area contributed by atoms with Gasteiger partial charge in [-0.25, -0.2) is 9.78 Å². The highest BCUT2D eigenvalue weighted by Crippen LogP contribution is 2.60. The van der Waals surface area contributed by atoms with Crippen LogP contribution in [0, 0.1) is 29.1 Å². The van der Waals surface area contributed by atoms with Crippen LogP contribution in [0.5, 0.6) is 0 Å². The molecule has 5 rings (SSSR count). The first kappa shape index (κ1) is 18.7. The number of ether oxygens (including phenoxy) is 3. The number of carbonyl (C=O) groups is 1. The van der Waals surface area contributed by atoms with Crippen molar-refractivity contribution in [3.05, 3.63) is 0 Å². The molecule has 0 radical (unpaired) electrons. The number of rotatable bonds is 1. The Hall–Kier alpha value is -0.690. The Labute approximate surface area is 155 Å². The molecule has 6 heteroatoms. The average Bonchev–Trinajstić information content (AvgIpc) is 2.77. The van der Waals surface area contributed by atoms with Gasteiger partial charge in [-0.05, 0) is 58.8 Å². The Balaban J connectivity index is 1.67. The molecule has 1 spiro atoms. The molecule has 4 heterocycles. The summed E-state index contributed by atoms with van der Waals surface area (Å²) in [4.78, 5) is 24.3. The standard InChI is InChI=1S/C20H32O6/c1-11-7-8-14-12(2)15(22-16(21)18(3,4)5)23-17-20(14)13(11)9-10-19(6,24-17)25-26-20/h11-15,17H,7-10H2,1-6H3/t11-,12-,13+,14?,15?,17-,19?,20-/m1/s1. The summed E-state index contributed by atoms with van der Waals surface area (Å²) >= 11 is 0. The monoisotopic (exact) mass is 368 g/mol. The summed E-state index contributed by atoms with van der Waals surface area (Å²) in [5.41, 5.74) is -1.19. The van der Waals surface area contributed by atoms with Crippen LogP contribution >= 0.6 is 0 Å². The van der Waals surface area contributed by atoms with Gasteiger partial charge in [-0.2, -0.15) is 0 Å². The van der Waals surface area contributed by atoms with Gasteiger partial charge in [-0.1, -0.05) is 13.8 Å². The van der Waals surface area contributed by atoms with Gasteiger partial charge in [-0.3, -0.25) is 4.79 Å². The molecular weight excluding hydrogens is 336 g/mol. The second kappa shape index (κ2) is 5.90. The molecule has 8 atom stereocenters. The number of hydrogen-bond acceptors (Lipinski definition) is 6. The van der Waals surface area contributed by atoms with Crippen molar-refractivity contribution in [2.45, 2.75) is 91.2 Å². The van der Waals surface area contributed by atoms with E-state index in [-0.39, 0.29) is 17.8 Å². The zero-order valence-corrected chi connectivity index (χ0v) is 16.7. The van der Waals surface area contributed by atoms with Crippen molar-refractivity contribution in [2.24, 2.45) is 29.1 Å². The molecule has 0 aromatic heterocycles. The van der Waals surface area contributed by atoms with Crippen LogP contribution in [0.1, 0.15) is 67.2 Å². The predicted molar refractivity (Wildman–Crippen MR) is 92.4 cm³/mol. The van der Waals surface area contributed by atoms with E-state index in [4.69, 9.17) is 24.0 Å². The van der Waals surface area contributed by atoms with Crippen molar-refractivity contribution in [3.63, 3.8) is 0 Å². The van der Waals surface area contributed by atoms with Gasteiger partial charge >= 0.3 is 5.97 Å². The largest absolute Gasteiger partial charge is 0.435 e. The quantitative estimate of drug-likeness (QED) is 0.518. The first-order chi connectivity index (χ1) is 12.1. The summed E-state index contributed by atoms with van der Waals surface area (Å²) in [6.45, 7) is 11.8. The third kappa shape index (κ3) is 2.64. The van der Waals surface area contributed by atoms with Crippen LogP contribution in [0.25, 0.3) is 0 Å². The molecule has 3 unspecified atom stereocenters. The summed E-state index contributed by atoms with van der Waals surface area (Å²) in [7, 11) is 0. The molecular formula is C20H32O6. The molecule has 4 aliphatic heterocycles. The lowest BCUT2D eigenvalue weighted by atomic mass is 9.58. The molecule has 2 bridgehead atoms. The minimum Gasteiger partial charge on any atom is -0.435 e. The van der Waals surface area contributed by atoms with Crippen LogP contribution in [-0.2, 0) is 28.8 Å². The van der Waals surface area contributed by atoms with Crippen LogP contribution in [0.2, 0.25) is 0 Å². The van der Waals surface area contributed by atoms with Gasteiger partial charge < -0.3 is 14.2 Å². The molecule has 0 amide bonds. The number of hydrogen-bond donors (Lipinski definition) is 0. The van der Waals surface area contributed by atoms with Gasteiger partial charge in [0.25, 0.3) is 0 Å². The first-order valence-corrected chi connectivity index (χ1v) is 9.98.